The van der Waals surface area contributed by atoms with Crippen molar-refractivity contribution in [3.8, 4) is 0 Å². The van der Waals surface area contributed by atoms with Gasteiger partial charge < -0.3 is 10.2 Å². The summed E-state index contributed by atoms with van der Waals surface area (Å²) in [4.78, 5) is 24.3. The van der Waals surface area contributed by atoms with Crippen molar-refractivity contribution in [2.24, 2.45) is 7.05 Å². The first-order valence-corrected chi connectivity index (χ1v) is 8.82. The molecular weight excluding hydrogens is 324 g/mol. The fraction of sp³-hybridized carbons (Fsp3) is 0.375. The summed E-state index contributed by atoms with van der Waals surface area (Å²) in [7, 11) is 1.80. The Balaban J connectivity index is 1.49. The summed E-state index contributed by atoms with van der Waals surface area (Å²) >= 11 is 1.62. The zero-order valence-corrected chi connectivity index (χ0v) is 14.2. The fourth-order valence-electron chi connectivity index (χ4n) is 3.18. The molecule has 1 aliphatic rings. The number of aromatic nitrogens is 4. The van der Waals surface area contributed by atoms with Gasteiger partial charge in [-0.3, -0.25) is 9.48 Å². The molecule has 24 heavy (non-hydrogen) atoms. The van der Waals surface area contributed by atoms with Crippen molar-refractivity contribution in [1.82, 2.24) is 25.1 Å². The van der Waals surface area contributed by atoms with E-state index in [0.717, 1.165) is 35.4 Å². The molecule has 124 valence electrons. The van der Waals surface area contributed by atoms with E-state index in [9.17, 15) is 4.79 Å². The van der Waals surface area contributed by atoms with Crippen LogP contribution in [0.1, 0.15) is 23.2 Å². The van der Waals surface area contributed by atoms with E-state index >= 15 is 0 Å². The Morgan fingerprint density at radius 2 is 2.38 bits per heavy atom. The topological polar surface area (TPSA) is 75.9 Å². The molecule has 0 aliphatic carbocycles. The number of fused-ring (bicyclic) bond motifs is 1. The van der Waals surface area contributed by atoms with Crippen molar-refractivity contribution in [3.05, 3.63) is 35.7 Å². The number of nitrogens with one attached hydrogen (secondary N) is 1. The highest BCUT2D eigenvalue weighted by Gasteiger charge is 2.27. The summed E-state index contributed by atoms with van der Waals surface area (Å²) in [5, 5.41) is 10.2. The summed E-state index contributed by atoms with van der Waals surface area (Å²) in [6.07, 6.45) is 7.08. The van der Waals surface area contributed by atoms with Gasteiger partial charge in [0.2, 0.25) is 0 Å². The normalized spacial score (nSPS) is 17.5. The van der Waals surface area contributed by atoms with Crippen LogP contribution >= 0.6 is 11.3 Å². The number of hydrogen-bond acceptors (Lipinski definition) is 6. The Hall–Kier alpha value is -2.48. The van der Waals surface area contributed by atoms with Gasteiger partial charge in [0, 0.05) is 32.4 Å². The molecular formula is C16H18N6OS. The molecule has 3 aromatic heterocycles. The maximum absolute atomic E-state index is 12.2. The summed E-state index contributed by atoms with van der Waals surface area (Å²) in [6.45, 7) is 1.55. The van der Waals surface area contributed by atoms with Crippen LogP contribution in [0.25, 0.3) is 10.2 Å². The predicted molar refractivity (Wildman–Crippen MR) is 93.3 cm³/mol. The molecule has 1 atom stereocenters. The number of aryl methyl sites for hydroxylation is 1. The molecule has 7 nitrogen and oxygen atoms in total. The highest BCUT2D eigenvalue weighted by atomic mass is 32.1. The second-order valence-electron chi connectivity index (χ2n) is 5.94. The highest BCUT2D eigenvalue weighted by molar-refractivity contribution is 7.16. The van der Waals surface area contributed by atoms with Gasteiger partial charge in [-0.15, -0.1) is 11.3 Å². The van der Waals surface area contributed by atoms with Crippen molar-refractivity contribution in [1.29, 1.82) is 0 Å². The molecule has 1 saturated heterocycles. The third-order valence-corrected chi connectivity index (χ3v) is 5.18. The lowest BCUT2D eigenvalue weighted by Gasteiger charge is -2.26. The smallest absolute Gasteiger partial charge is 0.254 e. The molecule has 8 heteroatoms. The zero-order valence-electron chi connectivity index (χ0n) is 13.3. The zero-order chi connectivity index (χ0) is 16.5. The van der Waals surface area contributed by atoms with Gasteiger partial charge in [-0.1, -0.05) is 0 Å². The molecule has 0 radical (unpaired) electrons. The van der Waals surface area contributed by atoms with E-state index in [4.69, 9.17) is 0 Å². The number of hydrogen-bond donors (Lipinski definition) is 1. The Bertz CT molecular complexity index is 872. The number of thiophene rings is 1. The first-order valence-electron chi connectivity index (χ1n) is 7.94. The van der Waals surface area contributed by atoms with Crippen LogP contribution in [0.5, 0.6) is 0 Å². The molecule has 1 amide bonds. The second kappa shape index (κ2) is 6.20. The van der Waals surface area contributed by atoms with E-state index in [2.05, 4.69) is 31.3 Å². The first kappa shape index (κ1) is 15.1. The SMILES string of the molecule is Cn1cc(C(=O)NCC2CCCN2c2ncnc3sccc23)cn1. The van der Waals surface area contributed by atoms with Crippen LogP contribution in [0, 0.1) is 0 Å². The first-order chi connectivity index (χ1) is 11.7. The third-order valence-electron chi connectivity index (χ3n) is 4.36. The molecule has 1 fully saturated rings. The van der Waals surface area contributed by atoms with Crippen LogP contribution < -0.4 is 10.2 Å². The molecule has 0 spiro atoms. The molecule has 4 heterocycles. The van der Waals surface area contributed by atoms with Crippen LogP contribution in [0.3, 0.4) is 0 Å². The van der Waals surface area contributed by atoms with E-state index in [1.807, 2.05) is 5.38 Å². The van der Waals surface area contributed by atoms with Gasteiger partial charge in [0.05, 0.1) is 17.1 Å². The van der Waals surface area contributed by atoms with Crippen molar-refractivity contribution in [2.45, 2.75) is 18.9 Å². The van der Waals surface area contributed by atoms with Gasteiger partial charge in [-0.2, -0.15) is 5.10 Å². The molecule has 0 saturated carbocycles. The number of carbonyl (C=O) groups is 1. The van der Waals surface area contributed by atoms with E-state index in [-0.39, 0.29) is 11.9 Å². The number of amides is 1. The van der Waals surface area contributed by atoms with Gasteiger partial charge >= 0.3 is 0 Å². The van der Waals surface area contributed by atoms with Crippen LogP contribution in [0.15, 0.2) is 30.2 Å². The van der Waals surface area contributed by atoms with Gasteiger partial charge in [0.15, 0.2) is 0 Å². The number of nitrogens with zero attached hydrogens (tertiary/aromatic N) is 5. The minimum Gasteiger partial charge on any atom is -0.351 e. The molecule has 0 aromatic carbocycles. The summed E-state index contributed by atoms with van der Waals surface area (Å²) in [5.74, 6) is 0.887. The number of anilines is 1. The van der Waals surface area contributed by atoms with Gasteiger partial charge in [-0.25, -0.2) is 9.97 Å². The minimum absolute atomic E-state index is 0.0849. The molecule has 1 aliphatic heterocycles. The van der Waals surface area contributed by atoms with Gasteiger partial charge in [-0.05, 0) is 24.3 Å². The van der Waals surface area contributed by atoms with Crippen LogP contribution in [0.4, 0.5) is 5.82 Å². The minimum atomic E-state index is -0.0849. The average molecular weight is 342 g/mol. The maximum Gasteiger partial charge on any atom is 0.254 e. The Labute approximate surface area is 143 Å². The Morgan fingerprint density at radius 3 is 3.21 bits per heavy atom. The van der Waals surface area contributed by atoms with E-state index in [0.29, 0.717) is 12.1 Å². The van der Waals surface area contributed by atoms with Gasteiger partial charge in [0.1, 0.15) is 17.0 Å². The van der Waals surface area contributed by atoms with E-state index in [1.165, 1.54) is 0 Å². The number of carbonyl (C=O) groups excluding carboxylic acids is 1. The molecule has 0 bridgehead atoms. The largest absolute Gasteiger partial charge is 0.351 e. The van der Waals surface area contributed by atoms with E-state index < -0.39 is 0 Å². The highest BCUT2D eigenvalue weighted by Crippen LogP contribution is 2.31. The van der Waals surface area contributed by atoms with Crippen LogP contribution in [-0.4, -0.2) is 44.8 Å². The van der Waals surface area contributed by atoms with Crippen molar-refractivity contribution < 1.29 is 4.79 Å². The predicted octanol–water partition coefficient (Wildman–Crippen LogP) is 1.82. The summed E-state index contributed by atoms with van der Waals surface area (Å²) in [6, 6.07) is 2.32. The number of rotatable bonds is 4. The lowest BCUT2D eigenvalue weighted by atomic mass is 10.2. The molecule has 3 aromatic rings. The van der Waals surface area contributed by atoms with Crippen molar-refractivity contribution >= 4 is 33.3 Å². The second-order valence-corrected chi connectivity index (χ2v) is 6.83. The Morgan fingerprint density at radius 1 is 1.46 bits per heavy atom. The Kier molecular flexibility index (Phi) is 3.89. The summed E-state index contributed by atoms with van der Waals surface area (Å²) < 4.78 is 1.63. The van der Waals surface area contributed by atoms with Crippen molar-refractivity contribution in [3.63, 3.8) is 0 Å². The van der Waals surface area contributed by atoms with Gasteiger partial charge in [0.25, 0.3) is 5.91 Å². The molecule has 1 N–H and O–H groups in total. The molecule has 4 rings (SSSR count). The average Bonchev–Trinajstić information content (AvgIpc) is 3.32. The molecule has 1 unspecified atom stereocenters. The lowest BCUT2D eigenvalue weighted by molar-refractivity contribution is 0.0951. The van der Waals surface area contributed by atoms with E-state index in [1.54, 1.807) is 41.8 Å². The lowest BCUT2D eigenvalue weighted by Crippen LogP contribution is -2.40. The van der Waals surface area contributed by atoms with Crippen molar-refractivity contribution in [2.75, 3.05) is 18.0 Å². The van der Waals surface area contributed by atoms with Crippen LogP contribution in [-0.2, 0) is 7.05 Å². The van der Waals surface area contributed by atoms with Crippen LogP contribution in [0.2, 0.25) is 0 Å². The standard InChI is InChI=1S/C16H18N6OS/c1-21-9-11(7-20-21)15(23)17-8-12-3-2-5-22(12)14-13-4-6-24-16(13)19-10-18-14/h4,6-7,9-10,12H,2-3,5,8H2,1H3,(H,17,23). The summed E-state index contributed by atoms with van der Waals surface area (Å²) in [5.41, 5.74) is 0.587. The fourth-order valence-corrected chi connectivity index (χ4v) is 3.91. The quantitative estimate of drug-likeness (QED) is 0.783. The maximum atomic E-state index is 12.2. The third kappa shape index (κ3) is 2.73. The monoisotopic (exact) mass is 342 g/mol.